The summed E-state index contributed by atoms with van der Waals surface area (Å²) in [7, 11) is 0. The normalized spacial score (nSPS) is 14.9. The summed E-state index contributed by atoms with van der Waals surface area (Å²) < 4.78 is 21.4. The third-order valence-electron chi connectivity index (χ3n) is 4.50. The van der Waals surface area contributed by atoms with Gasteiger partial charge in [0.05, 0.1) is 5.57 Å². The van der Waals surface area contributed by atoms with E-state index in [0.29, 0.717) is 33.4 Å². The summed E-state index contributed by atoms with van der Waals surface area (Å²) >= 11 is 5.98. The van der Waals surface area contributed by atoms with E-state index in [9.17, 15) is 9.59 Å². The van der Waals surface area contributed by atoms with Crippen molar-refractivity contribution in [2.24, 2.45) is 0 Å². The number of esters is 1. The first kappa shape index (κ1) is 19.1. The molecule has 0 aromatic heterocycles. The molecule has 0 saturated carbocycles. The highest BCUT2D eigenvalue weighted by Gasteiger charge is 2.23. The van der Waals surface area contributed by atoms with Gasteiger partial charge < -0.3 is 24.3 Å². The van der Waals surface area contributed by atoms with Gasteiger partial charge in [0.2, 0.25) is 6.79 Å². The Kier molecular flexibility index (Phi) is 5.31. The van der Waals surface area contributed by atoms with E-state index >= 15 is 0 Å². The van der Waals surface area contributed by atoms with Crippen LogP contribution in [0.5, 0.6) is 17.2 Å². The van der Waals surface area contributed by atoms with Crippen LogP contribution < -0.4 is 19.5 Å². The molecule has 1 atom stereocenters. The average Bonchev–Trinajstić information content (AvgIpc) is 3.19. The summed E-state index contributed by atoms with van der Waals surface area (Å²) in [5.41, 5.74) is 1.85. The summed E-state index contributed by atoms with van der Waals surface area (Å²) in [5, 5.41) is 3.28. The van der Waals surface area contributed by atoms with E-state index in [1.807, 2.05) is 6.07 Å². The van der Waals surface area contributed by atoms with Crippen LogP contribution in [0.15, 0.2) is 42.0 Å². The first-order chi connectivity index (χ1) is 14.0. The molecule has 4 rings (SSSR count). The minimum absolute atomic E-state index is 0.0685. The van der Waals surface area contributed by atoms with E-state index in [0.717, 1.165) is 5.56 Å². The Labute approximate surface area is 172 Å². The number of benzene rings is 2. The van der Waals surface area contributed by atoms with Gasteiger partial charge in [0, 0.05) is 17.1 Å². The van der Waals surface area contributed by atoms with Crippen LogP contribution >= 0.6 is 11.6 Å². The zero-order valence-corrected chi connectivity index (χ0v) is 16.3. The van der Waals surface area contributed by atoms with Crippen LogP contribution in [-0.2, 0) is 20.9 Å². The number of rotatable bonds is 5. The van der Waals surface area contributed by atoms with Crippen LogP contribution in [0.4, 0.5) is 0 Å². The van der Waals surface area contributed by atoms with Crippen LogP contribution in [-0.4, -0.2) is 31.4 Å². The van der Waals surface area contributed by atoms with Crippen molar-refractivity contribution in [1.82, 2.24) is 5.32 Å². The van der Waals surface area contributed by atoms with Gasteiger partial charge in [0.25, 0.3) is 5.91 Å². The Bertz CT molecular complexity index is 1000. The molecule has 1 amide bonds. The molecular formula is C21H18ClNO6. The highest BCUT2D eigenvalue weighted by atomic mass is 35.5. The minimum atomic E-state index is -0.960. The van der Waals surface area contributed by atoms with Crippen molar-refractivity contribution in [3.05, 3.63) is 58.1 Å². The third kappa shape index (κ3) is 4.30. The first-order valence-corrected chi connectivity index (χ1v) is 9.37. The maximum atomic E-state index is 12.4. The largest absolute Gasteiger partial charge is 0.488 e. The van der Waals surface area contributed by atoms with Crippen molar-refractivity contribution in [2.75, 3.05) is 13.4 Å². The van der Waals surface area contributed by atoms with Crippen LogP contribution in [0.25, 0.3) is 6.08 Å². The van der Waals surface area contributed by atoms with Gasteiger partial charge in [-0.2, -0.15) is 0 Å². The molecule has 8 heteroatoms. The van der Waals surface area contributed by atoms with Crippen LogP contribution in [0.3, 0.4) is 0 Å². The Morgan fingerprint density at radius 2 is 1.90 bits per heavy atom. The molecule has 0 aliphatic carbocycles. The highest BCUT2D eigenvalue weighted by molar-refractivity contribution is 6.30. The molecule has 0 radical (unpaired) electrons. The van der Waals surface area contributed by atoms with Crippen LogP contribution in [0.2, 0.25) is 5.02 Å². The van der Waals surface area contributed by atoms with E-state index in [-0.39, 0.29) is 19.9 Å². The van der Waals surface area contributed by atoms with E-state index in [1.54, 1.807) is 36.4 Å². The molecule has 7 nitrogen and oxygen atoms in total. The Morgan fingerprint density at radius 3 is 2.76 bits per heavy atom. The molecule has 0 saturated heterocycles. The van der Waals surface area contributed by atoms with Gasteiger partial charge in [-0.15, -0.1) is 0 Å². The summed E-state index contributed by atoms with van der Waals surface area (Å²) in [4.78, 5) is 24.7. The minimum Gasteiger partial charge on any atom is -0.488 e. The average molecular weight is 416 g/mol. The maximum absolute atomic E-state index is 12.4. The summed E-state index contributed by atoms with van der Waals surface area (Å²) in [6.07, 6.45) is 0.697. The maximum Gasteiger partial charge on any atom is 0.338 e. The number of carbonyl (C=O) groups excluding carboxylic acids is 2. The molecular weight excluding hydrogens is 398 g/mol. The Hall–Kier alpha value is -3.19. The Morgan fingerprint density at radius 1 is 1.10 bits per heavy atom. The molecule has 1 unspecified atom stereocenters. The highest BCUT2D eigenvalue weighted by Crippen LogP contribution is 2.32. The topological polar surface area (TPSA) is 83.1 Å². The fourth-order valence-corrected chi connectivity index (χ4v) is 3.12. The number of hydrogen-bond donors (Lipinski definition) is 1. The molecule has 150 valence electrons. The summed E-state index contributed by atoms with van der Waals surface area (Å²) in [5.74, 6) is 0.938. The fourth-order valence-electron chi connectivity index (χ4n) is 2.94. The van der Waals surface area contributed by atoms with E-state index < -0.39 is 18.0 Å². The predicted octanol–water partition coefficient (Wildman–Crippen LogP) is 3.09. The van der Waals surface area contributed by atoms with Crippen molar-refractivity contribution in [3.63, 3.8) is 0 Å². The van der Waals surface area contributed by atoms with Gasteiger partial charge in [-0.1, -0.05) is 17.7 Å². The van der Waals surface area contributed by atoms with Crippen LogP contribution in [0, 0.1) is 0 Å². The van der Waals surface area contributed by atoms with Crippen molar-refractivity contribution in [1.29, 1.82) is 0 Å². The van der Waals surface area contributed by atoms with Gasteiger partial charge in [-0.3, -0.25) is 4.79 Å². The number of carbonyl (C=O) groups is 2. The van der Waals surface area contributed by atoms with Gasteiger partial charge in [-0.05, 0) is 48.9 Å². The second-order valence-corrected chi connectivity index (χ2v) is 7.03. The fraction of sp³-hybridized carbons (Fsp3) is 0.238. The number of halogens is 1. The summed E-state index contributed by atoms with van der Waals surface area (Å²) in [6, 6.07) is 10.6. The zero-order chi connectivity index (χ0) is 20.4. The summed E-state index contributed by atoms with van der Waals surface area (Å²) in [6.45, 7) is 2.05. The molecule has 2 aromatic rings. The number of ether oxygens (including phenoxy) is 4. The molecule has 2 aromatic carbocycles. The van der Waals surface area contributed by atoms with Gasteiger partial charge in [0.15, 0.2) is 17.6 Å². The van der Waals surface area contributed by atoms with Crippen molar-refractivity contribution >= 4 is 29.6 Å². The zero-order valence-electron chi connectivity index (χ0n) is 15.6. The number of hydrogen-bond acceptors (Lipinski definition) is 6. The molecule has 0 spiro atoms. The smallest absolute Gasteiger partial charge is 0.338 e. The van der Waals surface area contributed by atoms with E-state index in [4.69, 9.17) is 30.5 Å². The number of fused-ring (bicyclic) bond motifs is 2. The SMILES string of the molecule is CC(OC(=O)C1=Cc2cc(Cl)ccc2OC1)C(=O)NCc1ccc2c(c1)OCO2. The van der Waals surface area contributed by atoms with Crippen molar-refractivity contribution in [3.8, 4) is 17.2 Å². The van der Waals surface area contributed by atoms with Gasteiger partial charge in [0.1, 0.15) is 12.4 Å². The quantitative estimate of drug-likeness (QED) is 0.755. The number of nitrogens with one attached hydrogen (secondary N) is 1. The van der Waals surface area contributed by atoms with Crippen LogP contribution in [0.1, 0.15) is 18.1 Å². The molecule has 2 aliphatic heterocycles. The third-order valence-corrected chi connectivity index (χ3v) is 4.74. The first-order valence-electron chi connectivity index (χ1n) is 9.00. The van der Waals surface area contributed by atoms with E-state index in [1.165, 1.54) is 6.92 Å². The lowest BCUT2D eigenvalue weighted by molar-refractivity contribution is -0.151. The lowest BCUT2D eigenvalue weighted by Gasteiger charge is -2.19. The van der Waals surface area contributed by atoms with Crippen molar-refractivity contribution < 1.29 is 28.5 Å². The second kappa shape index (κ2) is 8.05. The van der Waals surface area contributed by atoms with Gasteiger partial charge in [-0.25, -0.2) is 4.79 Å². The molecule has 0 bridgehead atoms. The van der Waals surface area contributed by atoms with E-state index in [2.05, 4.69) is 5.32 Å². The molecule has 29 heavy (non-hydrogen) atoms. The second-order valence-electron chi connectivity index (χ2n) is 6.59. The molecule has 2 aliphatic rings. The lowest BCUT2D eigenvalue weighted by atomic mass is 10.1. The monoisotopic (exact) mass is 415 g/mol. The molecule has 1 N–H and O–H groups in total. The molecule has 0 fully saturated rings. The van der Waals surface area contributed by atoms with Gasteiger partial charge >= 0.3 is 5.97 Å². The van der Waals surface area contributed by atoms with Crippen molar-refractivity contribution in [2.45, 2.75) is 19.6 Å². The standard InChI is InChI=1S/C21H18ClNO6/c1-12(20(24)23-9-13-2-4-18-19(6-13)28-11-27-18)29-21(25)15-7-14-8-16(22)3-5-17(14)26-10-15/h2-8,12H,9-11H2,1H3,(H,23,24). The number of amides is 1. The molecule has 2 heterocycles. The lowest BCUT2D eigenvalue weighted by Crippen LogP contribution is -2.36. The predicted molar refractivity (Wildman–Crippen MR) is 105 cm³/mol. The Balaban J connectivity index is 1.33.